The first-order chi connectivity index (χ1) is 19.7. The molecule has 6 atom stereocenters. The van der Waals surface area contributed by atoms with Gasteiger partial charge in [0.25, 0.3) is 0 Å². The molecule has 2 aliphatic carbocycles. The molecule has 8 heteroatoms. The van der Waals surface area contributed by atoms with Crippen molar-refractivity contribution in [3.05, 3.63) is 101 Å². The Bertz CT molecular complexity index is 1650. The van der Waals surface area contributed by atoms with Crippen LogP contribution < -0.4 is 9.80 Å². The summed E-state index contributed by atoms with van der Waals surface area (Å²) in [5.41, 5.74) is 1.13. The third-order valence-electron chi connectivity index (χ3n) is 9.62. The number of rotatable bonds is 3. The highest BCUT2D eigenvalue weighted by Gasteiger charge is 2.67. The summed E-state index contributed by atoms with van der Waals surface area (Å²) in [5, 5.41) is 11.5. The highest BCUT2D eigenvalue weighted by Crippen LogP contribution is 2.64. The van der Waals surface area contributed by atoms with Gasteiger partial charge in [0.2, 0.25) is 23.6 Å². The number of nitrogens with zero attached hydrogens (tertiary/aromatic N) is 2. The highest BCUT2D eigenvalue weighted by atomic mass is 35.5. The van der Waals surface area contributed by atoms with Crippen molar-refractivity contribution < 1.29 is 24.3 Å². The van der Waals surface area contributed by atoms with Crippen LogP contribution >= 0.6 is 11.6 Å². The Hall–Kier alpha value is -4.23. The molecule has 6 unspecified atom stereocenters. The second-order valence-corrected chi connectivity index (χ2v) is 12.0. The van der Waals surface area contributed by atoms with Crippen molar-refractivity contribution in [2.24, 2.45) is 29.1 Å². The summed E-state index contributed by atoms with van der Waals surface area (Å²) < 4.78 is 0. The number of allylic oxidation sites excluding steroid dienone is 2. The van der Waals surface area contributed by atoms with E-state index < -0.39 is 35.0 Å². The third-order valence-corrected chi connectivity index (χ3v) is 9.87. The van der Waals surface area contributed by atoms with Gasteiger partial charge in [0, 0.05) is 16.5 Å². The van der Waals surface area contributed by atoms with Gasteiger partial charge < -0.3 is 5.11 Å². The van der Waals surface area contributed by atoms with Gasteiger partial charge in [0.05, 0.1) is 34.5 Å². The topological polar surface area (TPSA) is 95.0 Å². The van der Waals surface area contributed by atoms with Crippen LogP contribution in [0.5, 0.6) is 5.75 Å². The van der Waals surface area contributed by atoms with E-state index in [1.807, 2.05) is 19.1 Å². The van der Waals surface area contributed by atoms with Gasteiger partial charge >= 0.3 is 0 Å². The van der Waals surface area contributed by atoms with Crippen LogP contribution in [-0.2, 0) is 19.2 Å². The van der Waals surface area contributed by atoms with Crippen molar-refractivity contribution >= 4 is 46.6 Å². The van der Waals surface area contributed by atoms with Crippen molar-refractivity contribution in [3.8, 4) is 5.75 Å². The summed E-state index contributed by atoms with van der Waals surface area (Å²) in [4.78, 5) is 58.6. The van der Waals surface area contributed by atoms with Crippen LogP contribution in [0.2, 0.25) is 5.02 Å². The minimum absolute atomic E-state index is 0.0242. The molecular weight excluding hydrogens is 540 g/mol. The standard InChI is InChI=1S/C33H27ClN2O5/c1-33-25(30(39)36(32(33)41)19-7-3-2-4-8-19)17-24-21(28(33)22-9-5-6-10-26(22)37)15-16-23-27(24)31(40)35(29(23)38)20-13-11-18(34)12-14-20/h2-15,23-25,27-28,37H,16-17H2,1H3. The van der Waals surface area contributed by atoms with Crippen LogP contribution in [-0.4, -0.2) is 28.7 Å². The molecule has 4 aliphatic rings. The maximum absolute atomic E-state index is 14.3. The molecule has 0 radical (unpaired) electrons. The Morgan fingerprint density at radius 2 is 1.44 bits per heavy atom. The lowest BCUT2D eigenvalue weighted by Gasteiger charge is -2.49. The first kappa shape index (κ1) is 25.7. The zero-order valence-corrected chi connectivity index (χ0v) is 23.0. The van der Waals surface area contributed by atoms with Gasteiger partial charge in [-0.2, -0.15) is 0 Å². The number of fused-ring (bicyclic) bond motifs is 4. The predicted octanol–water partition coefficient (Wildman–Crippen LogP) is 5.48. The molecule has 7 rings (SSSR count). The average Bonchev–Trinajstić information content (AvgIpc) is 3.34. The van der Waals surface area contributed by atoms with E-state index >= 15 is 0 Å². The molecule has 1 saturated carbocycles. The second-order valence-electron chi connectivity index (χ2n) is 11.5. The van der Waals surface area contributed by atoms with Crippen molar-refractivity contribution in [2.45, 2.75) is 25.7 Å². The minimum atomic E-state index is -1.19. The minimum Gasteiger partial charge on any atom is -0.508 e. The molecule has 2 heterocycles. The van der Waals surface area contributed by atoms with Crippen LogP contribution in [0, 0.1) is 29.1 Å². The number of aromatic hydroxyl groups is 1. The lowest BCUT2D eigenvalue weighted by molar-refractivity contribution is -0.131. The molecule has 0 spiro atoms. The van der Waals surface area contributed by atoms with Gasteiger partial charge in [0.15, 0.2) is 0 Å². The summed E-state index contributed by atoms with van der Waals surface area (Å²) >= 11 is 6.06. The maximum atomic E-state index is 14.3. The lowest BCUT2D eigenvalue weighted by Crippen LogP contribution is -2.48. The first-order valence-electron chi connectivity index (χ1n) is 13.8. The zero-order valence-electron chi connectivity index (χ0n) is 22.2. The molecule has 3 aromatic rings. The normalized spacial score (nSPS) is 30.7. The number of hydrogen-bond acceptors (Lipinski definition) is 5. The van der Waals surface area contributed by atoms with E-state index in [4.69, 9.17) is 11.6 Å². The van der Waals surface area contributed by atoms with E-state index in [0.29, 0.717) is 28.4 Å². The Balaban J connectivity index is 1.37. The number of halogens is 1. The number of hydrogen-bond donors (Lipinski definition) is 1. The molecule has 4 amide bonds. The Labute approximate surface area is 242 Å². The number of imide groups is 2. The Kier molecular flexibility index (Phi) is 5.74. The largest absolute Gasteiger partial charge is 0.508 e. The SMILES string of the molecule is CC12C(=O)N(c3ccccc3)C(=O)C1CC1C(=CCC3C(=O)N(c4ccc(Cl)cc4)C(=O)C31)C2c1ccccc1O. The molecule has 1 N–H and O–H groups in total. The Morgan fingerprint density at radius 1 is 0.780 bits per heavy atom. The molecule has 2 aliphatic heterocycles. The molecule has 3 fully saturated rings. The summed E-state index contributed by atoms with van der Waals surface area (Å²) in [6, 6.07) is 22.3. The fraction of sp³-hybridized carbons (Fsp3) is 0.273. The molecular formula is C33H27ClN2O5. The quantitative estimate of drug-likeness (QED) is 0.334. The van der Waals surface area contributed by atoms with Gasteiger partial charge in [-0.25, -0.2) is 4.90 Å². The maximum Gasteiger partial charge on any atom is 0.241 e. The summed E-state index contributed by atoms with van der Waals surface area (Å²) in [6.07, 6.45) is 2.57. The second kappa shape index (κ2) is 9.14. The number of phenolic OH excluding ortho intramolecular Hbond substituents is 1. The number of anilines is 2. The van der Waals surface area contributed by atoms with E-state index in [1.54, 1.807) is 72.8 Å². The van der Waals surface area contributed by atoms with E-state index in [-0.39, 0.29) is 35.8 Å². The third kappa shape index (κ3) is 3.51. The number of benzene rings is 3. The van der Waals surface area contributed by atoms with E-state index in [2.05, 4.69) is 0 Å². The molecule has 7 nitrogen and oxygen atoms in total. The molecule has 0 bridgehead atoms. The predicted molar refractivity (Wildman–Crippen MR) is 153 cm³/mol. The smallest absolute Gasteiger partial charge is 0.241 e. The Morgan fingerprint density at radius 3 is 2.15 bits per heavy atom. The zero-order chi connectivity index (χ0) is 28.6. The molecule has 41 heavy (non-hydrogen) atoms. The lowest BCUT2D eigenvalue weighted by atomic mass is 9.51. The number of amides is 4. The van der Waals surface area contributed by atoms with Crippen molar-refractivity contribution in [1.82, 2.24) is 0 Å². The van der Waals surface area contributed by atoms with E-state index in [0.717, 1.165) is 5.57 Å². The van der Waals surface area contributed by atoms with Crippen LogP contribution in [0.4, 0.5) is 11.4 Å². The number of carbonyl (C=O) groups is 4. The fourth-order valence-corrected chi connectivity index (χ4v) is 7.88. The number of carbonyl (C=O) groups excluding carboxylic acids is 4. The van der Waals surface area contributed by atoms with Crippen molar-refractivity contribution in [2.75, 3.05) is 9.80 Å². The number of phenols is 1. The van der Waals surface area contributed by atoms with Gasteiger partial charge in [-0.3, -0.25) is 24.1 Å². The van der Waals surface area contributed by atoms with Crippen LogP contribution in [0.15, 0.2) is 90.5 Å². The summed E-state index contributed by atoms with van der Waals surface area (Å²) in [6.45, 7) is 1.81. The van der Waals surface area contributed by atoms with E-state index in [1.165, 1.54) is 9.80 Å². The van der Waals surface area contributed by atoms with Gasteiger partial charge in [-0.15, -0.1) is 0 Å². The summed E-state index contributed by atoms with van der Waals surface area (Å²) in [7, 11) is 0. The first-order valence-corrected chi connectivity index (χ1v) is 14.2. The molecule has 0 aromatic heterocycles. The van der Waals surface area contributed by atoms with Crippen LogP contribution in [0.3, 0.4) is 0 Å². The van der Waals surface area contributed by atoms with Gasteiger partial charge in [0.1, 0.15) is 5.75 Å². The average molecular weight is 567 g/mol. The van der Waals surface area contributed by atoms with Gasteiger partial charge in [-0.05, 0) is 68.1 Å². The van der Waals surface area contributed by atoms with E-state index in [9.17, 15) is 24.3 Å². The molecule has 206 valence electrons. The monoisotopic (exact) mass is 566 g/mol. The van der Waals surface area contributed by atoms with Crippen LogP contribution in [0.1, 0.15) is 31.2 Å². The summed E-state index contributed by atoms with van der Waals surface area (Å²) in [5.74, 6) is -4.29. The number of para-hydroxylation sites is 2. The van der Waals surface area contributed by atoms with Gasteiger partial charge in [-0.1, -0.05) is 59.6 Å². The fourth-order valence-electron chi connectivity index (χ4n) is 7.76. The van der Waals surface area contributed by atoms with Crippen molar-refractivity contribution in [1.29, 1.82) is 0 Å². The van der Waals surface area contributed by atoms with Crippen molar-refractivity contribution in [3.63, 3.8) is 0 Å². The molecule has 2 saturated heterocycles. The molecule has 3 aromatic carbocycles. The van der Waals surface area contributed by atoms with Crippen LogP contribution in [0.25, 0.3) is 0 Å². The highest BCUT2D eigenvalue weighted by molar-refractivity contribution is 6.31.